The van der Waals surface area contributed by atoms with Crippen LogP contribution in [0.1, 0.15) is 35.1 Å². The first-order valence-corrected chi connectivity index (χ1v) is 8.55. The summed E-state index contributed by atoms with van der Waals surface area (Å²) in [5, 5.41) is 5.28. The van der Waals surface area contributed by atoms with Gasteiger partial charge in [-0.25, -0.2) is 0 Å². The maximum Gasteiger partial charge on any atom is 0.416 e. The molecule has 1 aliphatic carbocycles. The van der Waals surface area contributed by atoms with E-state index in [1.807, 2.05) is 6.07 Å². The van der Waals surface area contributed by atoms with Crippen LogP contribution < -0.4 is 10.6 Å². The maximum atomic E-state index is 12.7. The van der Waals surface area contributed by atoms with E-state index in [1.54, 1.807) is 24.3 Å². The van der Waals surface area contributed by atoms with Crippen LogP contribution in [0.25, 0.3) is 0 Å². The summed E-state index contributed by atoms with van der Waals surface area (Å²) in [5.74, 6) is -1.09. The average molecular weight is 376 g/mol. The van der Waals surface area contributed by atoms with E-state index in [4.69, 9.17) is 0 Å². The fraction of sp³-hybridized carbons (Fsp3) is 0.300. The van der Waals surface area contributed by atoms with E-state index in [0.29, 0.717) is 17.5 Å². The molecule has 0 heterocycles. The van der Waals surface area contributed by atoms with Gasteiger partial charge in [-0.3, -0.25) is 9.59 Å². The van der Waals surface area contributed by atoms with Crippen LogP contribution in [0.2, 0.25) is 0 Å². The van der Waals surface area contributed by atoms with E-state index < -0.39 is 17.8 Å². The van der Waals surface area contributed by atoms with Gasteiger partial charge in [0.15, 0.2) is 0 Å². The third-order valence-electron chi connectivity index (χ3n) is 4.72. The molecular formula is C20H19F3N2O2. The van der Waals surface area contributed by atoms with Crippen molar-refractivity contribution in [3.63, 3.8) is 0 Å². The highest BCUT2D eigenvalue weighted by Gasteiger charge is 2.45. The van der Waals surface area contributed by atoms with Gasteiger partial charge in [-0.15, -0.1) is 0 Å². The van der Waals surface area contributed by atoms with Crippen LogP contribution in [-0.4, -0.2) is 18.9 Å². The van der Waals surface area contributed by atoms with Crippen molar-refractivity contribution in [2.75, 3.05) is 7.05 Å². The predicted molar refractivity (Wildman–Crippen MR) is 93.7 cm³/mol. The number of amides is 2. The summed E-state index contributed by atoms with van der Waals surface area (Å²) in [5.41, 5.74) is 0.646. The minimum atomic E-state index is -4.38. The minimum absolute atomic E-state index is 0.131. The Kier molecular flexibility index (Phi) is 5.21. The third-order valence-corrected chi connectivity index (χ3v) is 4.72. The first kappa shape index (κ1) is 18.9. The van der Waals surface area contributed by atoms with Gasteiger partial charge in [-0.05, 0) is 35.6 Å². The average Bonchev–Trinajstić information content (AvgIpc) is 3.46. The molecular weight excluding hydrogens is 357 g/mol. The fourth-order valence-electron chi connectivity index (χ4n) is 3.11. The number of hydrogen-bond acceptors (Lipinski definition) is 2. The van der Waals surface area contributed by atoms with Gasteiger partial charge in [-0.1, -0.05) is 42.5 Å². The highest BCUT2D eigenvalue weighted by molar-refractivity contribution is 5.90. The van der Waals surface area contributed by atoms with E-state index in [9.17, 15) is 22.8 Å². The Labute approximate surface area is 154 Å². The van der Waals surface area contributed by atoms with Gasteiger partial charge >= 0.3 is 6.18 Å². The summed E-state index contributed by atoms with van der Waals surface area (Å²) in [6.07, 6.45) is -3.83. The van der Waals surface area contributed by atoms with Crippen LogP contribution in [-0.2, 0) is 15.8 Å². The van der Waals surface area contributed by atoms with Crippen molar-refractivity contribution >= 4 is 11.8 Å². The largest absolute Gasteiger partial charge is 0.416 e. The number of carbonyl (C=O) groups is 2. The Balaban J connectivity index is 1.67. The molecule has 2 N–H and O–H groups in total. The molecule has 3 unspecified atom stereocenters. The minimum Gasteiger partial charge on any atom is -0.357 e. The first-order chi connectivity index (χ1) is 12.8. The molecule has 1 fully saturated rings. The summed E-state index contributed by atoms with van der Waals surface area (Å²) >= 11 is 0. The molecule has 4 nitrogen and oxygen atoms in total. The van der Waals surface area contributed by atoms with E-state index in [0.717, 1.165) is 12.1 Å². The maximum absolute atomic E-state index is 12.7. The van der Waals surface area contributed by atoms with Crippen LogP contribution in [0.15, 0.2) is 54.6 Å². The SMILES string of the molecule is CNC(=O)C(NC(=O)C1CC1c1ccc(C(F)(F)F)cc1)c1ccccc1. The van der Waals surface area contributed by atoms with Crippen molar-refractivity contribution in [1.82, 2.24) is 10.6 Å². The zero-order chi connectivity index (χ0) is 19.6. The topological polar surface area (TPSA) is 58.2 Å². The van der Waals surface area contributed by atoms with Crippen molar-refractivity contribution in [1.29, 1.82) is 0 Å². The number of carbonyl (C=O) groups excluding carboxylic acids is 2. The summed E-state index contributed by atoms with van der Waals surface area (Å²) in [7, 11) is 1.49. The number of rotatable bonds is 5. The lowest BCUT2D eigenvalue weighted by Crippen LogP contribution is -2.39. The number of halogens is 3. The number of benzene rings is 2. The molecule has 3 rings (SSSR count). The highest BCUT2D eigenvalue weighted by atomic mass is 19.4. The van der Waals surface area contributed by atoms with Gasteiger partial charge in [0, 0.05) is 13.0 Å². The van der Waals surface area contributed by atoms with Crippen molar-refractivity contribution in [2.45, 2.75) is 24.6 Å². The van der Waals surface area contributed by atoms with Gasteiger partial charge in [0.05, 0.1) is 5.56 Å². The molecule has 0 saturated heterocycles. The lowest BCUT2D eigenvalue weighted by molar-refractivity contribution is -0.137. The van der Waals surface area contributed by atoms with Crippen molar-refractivity contribution in [3.8, 4) is 0 Å². The molecule has 0 radical (unpaired) electrons. The van der Waals surface area contributed by atoms with Gasteiger partial charge in [0.1, 0.15) is 6.04 Å². The van der Waals surface area contributed by atoms with Gasteiger partial charge in [-0.2, -0.15) is 13.2 Å². The number of likely N-dealkylation sites (N-methyl/N-ethyl adjacent to an activating group) is 1. The lowest BCUT2D eigenvalue weighted by Gasteiger charge is -2.18. The van der Waals surface area contributed by atoms with Crippen LogP contribution in [0.5, 0.6) is 0 Å². The van der Waals surface area contributed by atoms with Crippen LogP contribution >= 0.6 is 0 Å². The zero-order valence-electron chi connectivity index (χ0n) is 14.6. The second kappa shape index (κ2) is 7.42. The number of nitrogens with one attached hydrogen (secondary N) is 2. The second-order valence-electron chi connectivity index (χ2n) is 6.53. The fourth-order valence-corrected chi connectivity index (χ4v) is 3.11. The molecule has 2 amide bonds. The van der Waals surface area contributed by atoms with Crippen LogP contribution in [0.4, 0.5) is 13.2 Å². The van der Waals surface area contributed by atoms with E-state index in [-0.39, 0.29) is 23.7 Å². The molecule has 3 atom stereocenters. The molecule has 142 valence electrons. The molecule has 2 aromatic rings. The summed E-state index contributed by atoms with van der Waals surface area (Å²) < 4.78 is 38.0. The molecule has 0 aromatic heterocycles. The molecule has 27 heavy (non-hydrogen) atoms. The molecule has 0 bridgehead atoms. The van der Waals surface area contributed by atoms with E-state index >= 15 is 0 Å². The standard InChI is InChI=1S/C20H19F3N2O2/c1-24-19(27)17(13-5-3-2-4-6-13)25-18(26)16-11-15(16)12-7-9-14(10-8-12)20(21,22)23/h2-10,15-17H,11H2,1H3,(H,24,27)(H,25,26). The Morgan fingerprint density at radius 2 is 1.67 bits per heavy atom. The van der Waals surface area contributed by atoms with Crippen molar-refractivity contribution < 1.29 is 22.8 Å². The Hall–Kier alpha value is -2.83. The Morgan fingerprint density at radius 1 is 1.04 bits per heavy atom. The predicted octanol–water partition coefficient (Wildman–Crippen LogP) is 3.41. The molecule has 0 spiro atoms. The van der Waals surface area contributed by atoms with Crippen LogP contribution in [0, 0.1) is 5.92 Å². The summed E-state index contributed by atoms with van der Waals surface area (Å²) in [6, 6.07) is 12.9. The smallest absolute Gasteiger partial charge is 0.357 e. The number of hydrogen-bond donors (Lipinski definition) is 2. The van der Waals surface area contributed by atoms with Gasteiger partial charge in [0.2, 0.25) is 11.8 Å². The van der Waals surface area contributed by atoms with E-state index in [1.165, 1.54) is 19.2 Å². The molecule has 7 heteroatoms. The first-order valence-electron chi connectivity index (χ1n) is 8.55. The van der Waals surface area contributed by atoms with Gasteiger partial charge < -0.3 is 10.6 Å². The zero-order valence-corrected chi connectivity index (χ0v) is 14.6. The lowest BCUT2D eigenvalue weighted by atomic mass is 10.0. The van der Waals surface area contributed by atoms with Gasteiger partial charge in [0.25, 0.3) is 0 Å². The Bertz CT molecular complexity index is 819. The normalized spacial score (nSPS) is 19.9. The third kappa shape index (κ3) is 4.30. The second-order valence-corrected chi connectivity index (χ2v) is 6.53. The molecule has 1 aliphatic rings. The summed E-state index contributed by atoms with van der Waals surface area (Å²) in [4.78, 5) is 24.7. The summed E-state index contributed by atoms with van der Waals surface area (Å²) in [6.45, 7) is 0. The highest BCUT2D eigenvalue weighted by Crippen LogP contribution is 2.48. The molecule has 0 aliphatic heterocycles. The van der Waals surface area contributed by atoms with Crippen molar-refractivity contribution in [3.05, 3.63) is 71.3 Å². The molecule has 2 aromatic carbocycles. The molecule has 1 saturated carbocycles. The van der Waals surface area contributed by atoms with E-state index in [2.05, 4.69) is 10.6 Å². The van der Waals surface area contributed by atoms with Crippen molar-refractivity contribution in [2.24, 2.45) is 5.92 Å². The number of alkyl halides is 3. The monoisotopic (exact) mass is 376 g/mol. The quantitative estimate of drug-likeness (QED) is 0.840. The van der Waals surface area contributed by atoms with Crippen LogP contribution in [0.3, 0.4) is 0 Å². The Morgan fingerprint density at radius 3 is 2.22 bits per heavy atom.